The second-order valence-corrected chi connectivity index (χ2v) is 8.15. The summed E-state index contributed by atoms with van der Waals surface area (Å²) in [5.74, 6) is -0.527. The van der Waals surface area contributed by atoms with Crippen molar-refractivity contribution >= 4 is 17.2 Å². The van der Waals surface area contributed by atoms with Crippen molar-refractivity contribution in [2.75, 3.05) is 0 Å². The molecule has 0 radical (unpaired) electrons. The van der Waals surface area contributed by atoms with E-state index in [2.05, 4.69) is 34.5 Å². The predicted octanol–water partition coefficient (Wildman–Crippen LogP) is 4.90. The molecule has 0 bridgehead atoms. The van der Waals surface area contributed by atoms with Crippen molar-refractivity contribution in [3.8, 4) is 21.8 Å². The van der Waals surface area contributed by atoms with Gasteiger partial charge in [-0.15, -0.1) is 11.3 Å². The van der Waals surface area contributed by atoms with Crippen molar-refractivity contribution < 1.29 is 9.18 Å². The SMILES string of the molecule is Cc1ccccc1-c1nc(C)c(CNC(=O)c2cc(-c3ccc(F)cc3)nn2C)s1. The molecule has 0 aliphatic carbocycles. The lowest BCUT2D eigenvalue weighted by Crippen LogP contribution is -2.25. The minimum absolute atomic E-state index is 0.219. The highest BCUT2D eigenvalue weighted by Gasteiger charge is 2.16. The van der Waals surface area contributed by atoms with Gasteiger partial charge in [0, 0.05) is 23.1 Å². The molecule has 4 rings (SSSR count). The Morgan fingerprint density at radius 2 is 1.87 bits per heavy atom. The molecular formula is C23H21FN4OS. The fourth-order valence-electron chi connectivity index (χ4n) is 3.21. The van der Waals surface area contributed by atoms with Crippen LogP contribution in [0.3, 0.4) is 0 Å². The smallest absolute Gasteiger partial charge is 0.269 e. The van der Waals surface area contributed by atoms with E-state index in [1.54, 1.807) is 36.6 Å². The molecule has 0 unspecified atom stereocenters. The molecule has 152 valence electrons. The Labute approximate surface area is 178 Å². The van der Waals surface area contributed by atoms with Crippen molar-refractivity contribution in [1.29, 1.82) is 0 Å². The molecule has 0 saturated heterocycles. The van der Waals surface area contributed by atoms with E-state index < -0.39 is 0 Å². The van der Waals surface area contributed by atoms with Gasteiger partial charge in [-0.05, 0) is 49.7 Å². The maximum Gasteiger partial charge on any atom is 0.269 e. The van der Waals surface area contributed by atoms with Gasteiger partial charge in [-0.2, -0.15) is 5.10 Å². The normalized spacial score (nSPS) is 10.9. The van der Waals surface area contributed by atoms with Crippen LogP contribution in [0.2, 0.25) is 0 Å². The summed E-state index contributed by atoms with van der Waals surface area (Å²) in [6.07, 6.45) is 0. The first-order valence-electron chi connectivity index (χ1n) is 9.53. The van der Waals surface area contributed by atoms with Gasteiger partial charge in [-0.25, -0.2) is 9.37 Å². The summed E-state index contributed by atoms with van der Waals surface area (Å²) in [5, 5.41) is 8.29. The molecule has 7 heteroatoms. The molecule has 1 N–H and O–H groups in total. The molecule has 0 spiro atoms. The van der Waals surface area contributed by atoms with E-state index in [1.165, 1.54) is 22.4 Å². The Kier molecular flexibility index (Phi) is 5.46. The molecule has 2 aromatic carbocycles. The summed E-state index contributed by atoms with van der Waals surface area (Å²) in [5.41, 5.74) is 5.01. The van der Waals surface area contributed by atoms with Crippen LogP contribution in [0.25, 0.3) is 21.8 Å². The van der Waals surface area contributed by atoms with Crippen LogP contribution in [-0.2, 0) is 13.6 Å². The average molecular weight is 421 g/mol. The molecule has 0 atom stereocenters. The van der Waals surface area contributed by atoms with Crippen molar-refractivity contribution in [3.63, 3.8) is 0 Å². The number of nitrogens with one attached hydrogen (secondary N) is 1. The van der Waals surface area contributed by atoms with Crippen molar-refractivity contribution in [2.24, 2.45) is 7.05 Å². The lowest BCUT2D eigenvalue weighted by atomic mass is 10.1. The topological polar surface area (TPSA) is 59.8 Å². The average Bonchev–Trinajstić information content (AvgIpc) is 3.30. The highest BCUT2D eigenvalue weighted by Crippen LogP contribution is 2.30. The molecule has 0 aliphatic heterocycles. The van der Waals surface area contributed by atoms with Crippen LogP contribution >= 0.6 is 11.3 Å². The predicted molar refractivity (Wildman–Crippen MR) is 117 cm³/mol. The first kappa shape index (κ1) is 20.0. The maximum absolute atomic E-state index is 13.1. The van der Waals surface area contributed by atoms with E-state index in [9.17, 15) is 9.18 Å². The van der Waals surface area contributed by atoms with Gasteiger partial charge in [-0.1, -0.05) is 24.3 Å². The zero-order chi connectivity index (χ0) is 21.3. The zero-order valence-electron chi connectivity index (χ0n) is 16.9. The third-order valence-corrected chi connectivity index (χ3v) is 6.12. The summed E-state index contributed by atoms with van der Waals surface area (Å²) in [6.45, 7) is 4.41. The molecule has 30 heavy (non-hydrogen) atoms. The first-order chi connectivity index (χ1) is 14.4. The number of carbonyl (C=O) groups excluding carboxylic acids is 1. The third kappa shape index (κ3) is 4.02. The van der Waals surface area contributed by atoms with Crippen LogP contribution in [0.1, 0.15) is 26.6 Å². The van der Waals surface area contributed by atoms with Gasteiger partial charge < -0.3 is 5.32 Å². The van der Waals surface area contributed by atoms with Crippen LogP contribution in [0.15, 0.2) is 54.6 Å². The first-order valence-corrected chi connectivity index (χ1v) is 10.3. The monoisotopic (exact) mass is 420 g/mol. The maximum atomic E-state index is 13.1. The Balaban J connectivity index is 1.49. The van der Waals surface area contributed by atoms with Crippen molar-refractivity contribution in [1.82, 2.24) is 20.1 Å². The third-order valence-electron chi connectivity index (χ3n) is 4.93. The number of thiazole rings is 1. The summed E-state index contributed by atoms with van der Waals surface area (Å²) in [6, 6.07) is 15.9. The molecular weight excluding hydrogens is 399 g/mol. The molecule has 2 aromatic heterocycles. The molecule has 0 saturated carbocycles. The number of aromatic nitrogens is 3. The number of aryl methyl sites for hydroxylation is 3. The number of nitrogens with zero attached hydrogens (tertiary/aromatic N) is 3. The van der Waals surface area contributed by atoms with Crippen molar-refractivity contribution in [2.45, 2.75) is 20.4 Å². The number of halogens is 1. The number of benzene rings is 2. The van der Waals surface area contributed by atoms with Crippen LogP contribution in [0, 0.1) is 19.7 Å². The standard InChI is InChI=1S/C23H21FN4OS/c1-14-6-4-5-7-18(14)23-26-15(2)21(30-23)13-25-22(29)20-12-19(27-28(20)3)16-8-10-17(24)11-9-16/h4-12H,13H2,1-3H3,(H,25,29). The van der Waals surface area contributed by atoms with Gasteiger partial charge in [0.2, 0.25) is 0 Å². The van der Waals surface area contributed by atoms with Crippen LogP contribution < -0.4 is 5.32 Å². The number of hydrogen-bond donors (Lipinski definition) is 1. The molecule has 5 nitrogen and oxygen atoms in total. The second-order valence-electron chi connectivity index (χ2n) is 7.07. The quantitative estimate of drug-likeness (QED) is 0.500. The summed E-state index contributed by atoms with van der Waals surface area (Å²) in [7, 11) is 1.72. The van der Waals surface area contributed by atoms with Gasteiger partial charge in [0.25, 0.3) is 5.91 Å². The highest BCUT2D eigenvalue weighted by atomic mass is 32.1. The van der Waals surface area contributed by atoms with Gasteiger partial charge in [-0.3, -0.25) is 9.48 Å². The minimum Gasteiger partial charge on any atom is -0.346 e. The summed E-state index contributed by atoms with van der Waals surface area (Å²) in [4.78, 5) is 18.4. The number of rotatable bonds is 5. The fourth-order valence-corrected chi connectivity index (χ4v) is 4.31. The second kappa shape index (κ2) is 8.20. The molecule has 0 fully saturated rings. The number of hydrogen-bond acceptors (Lipinski definition) is 4. The van der Waals surface area contributed by atoms with Gasteiger partial charge in [0.1, 0.15) is 16.5 Å². The van der Waals surface area contributed by atoms with Gasteiger partial charge >= 0.3 is 0 Å². The minimum atomic E-state index is -0.308. The van der Waals surface area contributed by atoms with E-state index in [-0.39, 0.29) is 11.7 Å². The Bertz CT molecular complexity index is 1210. The lowest BCUT2D eigenvalue weighted by Gasteiger charge is -2.04. The Morgan fingerprint density at radius 3 is 2.60 bits per heavy atom. The fraction of sp³-hybridized carbons (Fsp3) is 0.174. The lowest BCUT2D eigenvalue weighted by molar-refractivity contribution is 0.0942. The largest absolute Gasteiger partial charge is 0.346 e. The molecule has 2 heterocycles. The summed E-state index contributed by atoms with van der Waals surface area (Å²) < 4.78 is 14.7. The Hall–Kier alpha value is -3.32. The van der Waals surface area contributed by atoms with Gasteiger partial charge in [0.15, 0.2) is 0 Å². The van der Waals surface area contributed by atoms with Crippen molar-refractivity contribution in [3.05, 3.63) is 82.2 Å². The van der Waals surface area contributed by atoms with Crippen LogP contribution in [0.5, 0.6) is 0 Å². The van der Waals surface area contributed by atoms with E-state index >= 15 is 0 Å². The van der Waals surface area contributed by atoms with E-state index in [0.29, 0.717) is 17.9 Å². The summed E-state index contributed by atoms with van der Waals surface area (Å²) >= 11 is 1.59. The highest BCUT2D eigenvalue weighted by molar-refractivity contribution is 7.15. The number of amides is 1. The molecule has 4 aromatic rings. The zero-order valence-corrected chi connectivity index (χ0v) is 17.8. The molecule has 1 amide bonds. The molecule has 0 aliphatic rings. The van der Waals surface area contributed by atoms with E-state index in [1.807, 2.05) is 19.1 Å². The van der Waals surface area contributed by atoms with Gasteiger partial charge in [0.05, 0.1) is 17.9 Å². The Morgan fingerprint density at radius 1 is 1.13 bits per heavy atom. The van der Waals surface area contributed by atoms with E-state index in [0.717, 1.165) is 26.7 Å². The number of carbonyl (C=O) groups is 1. The van der Waals surface area contributed by atoms with E-state index in [4.69, 9.17) is 0 Å². The van der Waals surface area contributed by atoms with Crippen LogP contribution in [-0.4, -0.2) is 20.7 Å². The van der Waals surface area contributed by atoms with Crippen LogP contribution in [0.4, 0.5) is 4.39 Å².